The van der Waals surface area contributed by atoms with Gasteiger partial charge in [0.25, 0.3) is 6.71 Å². The third kappa shape index (κ3) is 4.88. The first-order valence-electron chi connectivity index (χ1n) is 4.71. The highest BCUT2D eigenvalue weighted by molar-refractivity contribution is 8.55. The summed E-state index contributed by atoms with van der Waals surface area (Å²) in [4.78, 5) is 0. The van der Waals surface area contributed by atoms with Gasteiger partial charge in [0.1, 0.15) is 0 Å². The van der Waals surface area contributed by atoms with Gasteiger partial charge in [-0.3, -0.25) is 9.05 Å². The molecule has 0 aliphatic rings. The molecule has 0 aliphatic heterocycles. The topological polar surface area (TPSA) is 66.4 Å². The van der Waals surface area contributed by atoms with E-state index in [-0.39, 0.29) is 0 Å². The van der Waals surface area contributed by atoms with E-state index in [1.54, 1.807) is 6.26 Å². The van der Waals surface area contributed by atoms with Crippen LogP contribution in [-0.4, -0.2) is 33.7 Å². The molecule has 0 atom stereocenters. The summed E-state index contributed by atoms with van der Waals surface area (Å²) in [5.41, 5.74) is 0. The van der Waals surface area contributed by atoms with Crippen LogP contribution in [0.4, 0.5) is 0 Å². The molecule has 6 nitrogen and oxygen atoms in total. The van der Waals surface area contributed by atoms with E-state index in [9.17, 15) is 4.57 Å². The average molecular weight is 291 g/mol. The zero-order valence-corrected chi connectivity index (χ0v) is 12.8. The van der Waals surface area contributed by atoms with Crippen molar-refractivity contribution in [1.82, 2.24) is 0 Å². The lowest BCUT2D eigenvalue weighted by Crippen LogP contribution is -1.94. The van der Waals surface area contributed by atoms with Gasteiger partial charge in [0.05, 0.1) is 13.2 Å². The highest BCUT2D eigenvalue weighted by atomic mass is 32.7. The fourth-order valence-electron chi connectivity index (χ4n) is 0.839. The molecule has 0 aliphatic carbocycles. The summed E-state index contributed by atoms with van der Waals surface area (Å²) in [6.45, 7) is 1.89. The van der Waals surface area contributed by atoms with Crippen LogP contribution in [0.25, 0.3) is 0 Å². The van der Waals surface area contributed by atoms with Crippen LogP contribution in [0.2, 0.25) is 0 Å². The second kappa shape index (κ2) is 7.88. The van der Waals surface area contributed by atoms with Crippen molar-refractivity contribution in [3.8, 4) is 0 Å². The molecule has 0 rings (SSSR count). The highest BCUT2D eigenvalue weighted by Gasteiger charge is 2.30. The van der Waals surface area contributed by atoms with Crippen LogP contribution in [0.15, 0.2) is 4.52 Å². The van der Waals surface area contributed by atoms with Crippen molar-refractivity contribution in [2.45, 2.75) is 13.8 Å². The van der Waals surface area contributed by atoms with Gasteiger partial charge >= 0.3 is 7.75 Å². The van der Waals surface area contributed by atoms with Gasteiger partial charge in [0.2, 0.25) is 0 Å². The molecule has 0 aromatic heterocycles. The molecule has 0 aromatic rings. The maximum atomic E-state index is 11.9. The van der Waals surface area contributed by atoms with Crippen LogP contribution in [0.3, 0.4) is 0 Å². The molecule has 0 saturated heterocycles. The molecule has 0 radical (unpaired) electrons. The van der Waals surface area contributed by atoms with Crippen LogP contribution in [0, 0.1) is 0 Å². The maximum Gasteiger partial charge on any atom is 0.456 e. The van der Waals surface area contributed by atoms with E-state index in [4.69, 9.17) is 18.1 Å². The number of nitrogens with zero attached hydrogens (tertiary/aromatic N) is 1. The number of rotatable bonds is 8. The lowest BCUT2D eigenvalue weighted by molar-refractivity contribution is 0.262. The van der Waals surface area contributed by atoms with Crippen LogP contribution < -0.4 is 0 Å². The Morgan fingerprint density at radius 3 is 1.81 bits per heavy atom. The van der Waals surface area contributed by atoms with Crippen LogP contribution in [0.1, 0.15) is 13.8 Å². The van der Waals surface area contributed by atoms with Crippen molar-refractivity contribution in [1.29, 1.82) is 0 Å². The van der Waals surface area contributed by atoms with E-state index in [0.29, 0.717) is 13.2 Å². The minimum atomic E-state index is -3.48. The minimum Gasteiger partial charge on any atom is -0.316 e. The predicted octanol–water partition coefficient (Wildman–Crippen LogP) is 3.77. The molecular formula is C7H19NO5P2S. The van der Waals surface area contributed by atoms with Gasteiger partial charge in [0.15, 0.2) is 0 Å². The zero-order chi connectivity index (χ0) is 12.7. The van der Waals surface area contributed by atoms with Crippen LogP contribution in [0.5, 0.6) is 0 Å². The quantitative estimate of drug-likeness (QED) is 0.634. The van der Waals surface area contributed by atoms with E-state index in [0.717, 1.165) is 0 Å². The standard InChI is InChI=1S/C7H19NO5P2S/c1-6-12-15(16-5,13-7-2)8-14(9,10-3)11-4/h6-7H2,1-5H3. The van der Waals surface area contributed by atoms with Crippen molar-refractivity contribution in [2.24, 2.45) is 4.52 Å². The average Bonchev–Trinajstić information content (AvgIpc) is 2.29. The molecule has 0 saturated carbocycles. The summed E-state index contributed by atoms with van der Waals surface area (Å²) >= 11 is 1.29. The summed E-state index contributed by atoms with van der Waals surface area (Å²) in [7, 11) is -0.918. The molecule has 0 bridgehead atoms. The van der Waals surface area contributed by atoms with E-state index >= 15 is 0 Å². The van der Waals surface area contributed by atoms with Gasteiger partial charge in [-0.15, -0.1) is 4.52 Å². The van der Waals surface area contributed by atoms with E-state index in [2.05, 4.69) is 4.52 Å². The molecule has 0 unspecified atom stereocenters. The zero-order valence-electron chi connectivity index (χ0n) is 10.2. The van der Waals surface area contributed by atoms with Crippen LogP contribution in [-0.2, 0) is 22.7 Å². The lowest BCUT2D eigenvalue weighted by Gasteiger charge is -2.22. The molecule has 16 heavy (non-hydrogen) atoms. The molecule has 0 amide bonds. The Balaban J connectivity index is 5.27. The van der Waals surface area contributed by atoms with Crippen molar-refractivity contribution < 1.29 is 22.7 Å². The lowest BCUT2D eigenvalue weighted by atomic mass is 10.9. The van der Waals surface area contributed by atoms with Gasteiger partial charge in [-0.25, -0.2) is 4.57 Å². The number of hydrogen-bond donors (Lipinski definition) is 0. The molecule has 0 N–H and O–H groups in total. The van der Waals surface area contributed by atoms with Crippen molar-refractivity contribution in [3.63, 3.8) is 0 Å². The molecule has 0 aromatic carbocycles. The summed E-state index contributed by atoms with van der Waals surface area (Å²) in [5, 5.41) is 0. The molecule has 0 fully saturated rings. The van der Waals surface area contributed by atoms with Gasteiger partial charge in [-0.2, -0.15) is 0 Å². The summed E-state index contributed by atoms with van der Waals surface area (Å²) in [6.07, 6.45) is 1.79. The normalized spacial score (nSPS) is 12.8. The third-order valence-corrected chi connectivity index (χ3v) is 8.48. The first-order valence-corrected chi connectivity index (χ1v) is 9.61. The third-order valence-electron chi connectivity index (χ3n) is 1.50. The SMILES string of the molecule is CCOP(=NP(=O)(OC)OC)(OCC)SC. The molecule has 98 valence electrons. The Morgan fingerprint density at radius 2 is 1.56 bits per heavy atom. The summed E-state index contributed by atoms with van der Waals surface area (Å²) in [6, 6.07) is 0. The Hall–Kier alpha value is 0.650. The Labute approximate surface area is 101 Å². The summed E-state index contributed by atoms with van der Waals surface area (Å²) in [5.74, 6) is 0. The fourth-order valence-corrected chi connectivity index (χ4v) is 7.02. The van der Waals surface area contributed by atoms with Crippen molar-refractivity contribution in [3.05, 3.63) is 0 Å². The maximum absolute atomic E-state index is 11.9. The van der Waals surface area contributed by atoms with E-state index < -0.39 is 14.5 Å². The second-order valence-electron chi connectivity index (χ2n) is 2.41. The fraction of sp³-hybridized carbons (Fsp3) is 1.00. The van der Waals surface area contributed by atoms with Gasteiger partial charge in [-0.05, 0) is 20.1 Å². The van der Waals surface area contributed by atoms with Crippen molar-refractivity contribution in [2.75, 3.05) is 33.7 Å². The van der Waals surface area contributed by atoms with Gasteiger partial charge in [-0.1, -0.05) is 11.4 Å². The highest BCUT2D eigenvalue weighted by Crippen LogP contribution is 2.70. The largest absolute Gasteiger partial charge is 0.456 e. The Kier molecular flexibility index (Phi) is 8.20. The van der Waals surface area contributed by atoms with Crippen LogP contribution >= 0.6 is 25.8 Å². The van der Waals surface area contributed by atoms with Gasteiger partial charge in [0, 0.05) is 14.2 Å². The molecule has 0 spiro atoms. The van der Waals surface area contributed by atoms with E-state index in [1.165, 1.54) is 25.6 Å². The number of hydrogen-bond acceptors (Lipinski definition) is 6. The molecule has 9 heteroatoms. The smallest absolute Gasteiger partial charge is 0.316 e. The molecular weight excluding hydrogens is 272 g/mol. The Morgan fingerprint density at radius 1 is 1.12 bits per heavy atom. The predicted molar refractivity (Wildman–Crippen MR) is 67.7 cm³/mol. The molecule has 0 heterocycles. The minimum absolute atomic E-state index is 0.422. The van der Waals surface area contributed by atoms with Crippen molar-refractivity contribution >= 4 is 25.8 Å². The second-order valence-corrected chi connectivity index (χ2v) is 9.09. The first-order chi connectivity index (χ1) is 7.51. The Bertz CT molecular complexity index is 281. The van der Waals surface area contributed by atoms with Gasteiger partial charge < -0.3 is 9.05 Å². The summed E-state index contributed by atoms with van der Waals surface area (Å²) < 4.78 is 36.4. The first kappa shape index (κ1) is 16.6. The monoisotopic (exact) mass is 291 g/mol. The van der Waals surface area contributed by atoms with E-state index in [1.807, 2.05) is 13.8 Å².